The Morgan fingerprint density at radius 2 is 2.27 bits per heavy atom. The van der Waals surface area contributed by atoms with Gasteiger partial charge in [0.05, 0.1) is 31.3 Å². The van der Waals surface area contributed by atoms with Gasteiger partial charge in [0.2, 0.25) is 0 Å². The first-order valence-corrected chi connectivity index (χ1v) is 12.1. The van der Waals surface area contributed by atoms with E-state index < -0.39 is 0 Å². The Hall–Kier alpha value is -2.79. The predicted molar refractivity (Wildman–Crippen MR) is 124 cm³/mol. The number of halogens is 2. The van der Waals surface area contributed by atoms with Crippen LogP contribution in [-0.4, -0.2) is 71.6 Å². The maximum atomic E-state index is 12.3. The van der Waals surface area contributed by atoms with Crippen LogP contribution in [0.2, 0.25) is 0 Å². The maximum Gasteiger partial charge on any atom is 0.410 e. The van der Waals surface area contributed by atoms with Crippen LogP contribution in [0.25, 0.3) is 0 Å². The molecule has 0 radical (unpaired) electrons. The number of fused-ring (bicyclic) bond motifs is 1. The van der Waals surface area contributed by atoms with Crippen molar-refractivity contribution in [2.75, 3.05) is 32.8 Å². The lowest BCUT2D eigenvalue weighted by Crippen LogP contribution is -2.40. The average Bonchev–Trinajstić information content (AvgIpc) is 3.54. The number of ether oxygens (including phenoxy) is 2. The van der Waals surface area contributed by atoms with E-state index in [1.165, 1.54) is 23.5 Å². The molecular weight excluding hydrogens is 515 g/mol. The van der Waals surface area contributed by atoms with Crippen LogP contribution >= 0.6 is 27.3 Å². The molecule has 1 aromatic carbocycles. The highest BCUT2D eigenvalue weighted by Gasteiger charge is 2.42. The van der Waals surface area contributed by atoms with Gasteiger partial charge in [0, 0.05) is 34.7 Å². The summed E-state index contributed by atoms with van der Waals surface area (Å²) in [6, 6.07) is 6.21. The first-order valence-electron chi connectivity index (χ1n) is 10.4. The van der Waals surface area contributed by atoms with Crippen molar-refractivity contribution >= 4 is 45.2 Å². The number of amides is 1. The normalized spacial score (nSPS) is 19.5. The number of carbonyl (C=O) groups excluding carboxylic acids is 2. The zero-order valence-corrected chi connectivity index (χ0v) is 20.3. The molecule has 33 heavy (non-hydrogen) atoms. The molecule has 4 heterocycles. The molecule has 8 nitrogen and oxygen atoms in total. The Morgan fingerprint density at radius 1 is 1.42 bits per heavy atom. The summed E-state index contributed by atoms with van der Waals surface area (Å²) in [5.41, 5.74) is 1.44. The van der Waals surface area contributed by atoms with Crippen molar-refractivity contribution in [1.82, 2.24) is 14.8 Å². The van der Waals surface area contributed by atoms with E-state index in [1.54, 1.807) is 30.2 Å². The molecule has 1 unspecified atom stereocenters. The molecule has 3 aliphatic rings. The van der Waals surface area contributed by atoms with Crippen LogP contribution in [0.3, 0.4) is 0 Å². The maximum absolute atomic E-state index is 12.3. The number of hydrogen-bond acceptors (Lipinski definition) is 8. The monoisotopic (exact) mass is 536 g/mol. The minimum Gasteiger partial charge on any atom is -0.463 e. The number of aromatic nitrogens is 1. The summed E-state index contributed by atoms with van der Waals surface area (Å²) in [5, 5.41) is 2.71. The average molecular weight is 537 g/mol. The summed E-state index contributed by atoms with van der Waals surface area (Å²) in [6.07, 6.45) is 2.03. The molecule has 0 saturated carbocycles. The number of rotatable bonds is 4. The van der Waals surface area contributed by atoms with E-state index in [4.69, 9.17) is 9.47 Å². The SMILES string of the molecule is CCOC(=O)C1=C2CC(N3CCOC3=O)CN2C(c2nccs2)=NC1.Fc1cccc(Br)c1. The second-order valence-corrected chi connectivity index (χ2v) is 9.15. The van der Waals surface area contributed by atoms with E-state index in [-0.39, 0.29) is 30.5 Å². The smallest absolute Gasteiger partial charge is 0.410 e. The Bertz CT molecular complexity index is 1070. The Morgan fingerprint density at radius 3 is 2.88 bits per heavy atom. The lowest BCUT2D eigenvalue weighted by atomic mass is 10.1. The van der Waals surface area contributed by atoms with Gasteiger partial charge >= 0.3 is 12.1 Å². The molecule has 1 amide bonds. The van der Waals surface area contributed by atoms with Crippen LogP contribution in [-0.2, 0) is 14.3 Å². The molecule has 0 spiro atoms. The van der Waals surface area contributed by atoms with Gasteiger partial charge in [0.1, 0.15) is 12.4 Å². The minimum absolute atomic E-state index is 0.0438. The molecule has 3 aliphatic heterocycles. The van der Waals surface area contributed by atoms with Crippen LogP contribution in [0.5, 0.6) is 0 Å². The highest BCUT2D eigenvalue weighted by atomic mass is 79.9. The largest absolute Gasteiger partial charge is 0.463 e. The van der Waals surface area contributed by atoms with Crippen LogP contribution in [0.1, 0.15) is 18.4 Å². The Kier molecular flexibility index (Phi) is 7.39. The number of carbonyl (C=O) groups is 2. The van der Waals surface area contributed by atoms with Gasteiger partial charge in [-0.1, -0.05) is 22.0 Å². The highest BCUT2D eigenvalue weighted by Crippen LogP contribution is 2.34. The summed E-state index contributed by atoms with van der Waals surface area (Å²) in [6.45, 7) is 3.93. The van der Waals surface area contributed by atoms with Gasteiger partial charge in [-0.15, -0.1) is 11.3 Å². The topological polar surface area (TPSA) is 84.3 Å². The van der Waals surface area contributed by atoms with E-state index in [1.807, 2.05) is 10.3 Å². The molecule has 2 fully saturated rings. The molecule has 5 rings (SSSR count). The second kappa shape index (κ2) is 10.4. The highest BCUT2D eigenvalue weighted by molar-refractivity contribution is 9.10. The number of amidine groups is 1. The molecule has 2 saturated heterocycles. The second-order valence-electron chi connectivity index (χ2n) is 7.34. The van der Waals surface area contributed by atoms with Crippen molar-refractivity contribution in [3.05, 3.63) is 62.4 Å². The third-order valence-corrected chi connectivity index (χ3v) is 6.57. The van der Waals surface area contributed by atoms with Crippen molar-refractivity contribution in [1.29, 1.82) is 0 Å². The predicted octanol–water partition coefficient (Wildman–Crippen LogP) is 3.84. The number of cyclic esters (lactones) is 1. The fraction of sp³-hybridized carbons (Fsp3) is 0.364. The molecule has 0 bridgehead atoms. The molecular formula is C22H22BrFN4O4S. The van der Waals surface area contributed by atoms with E-state index in [2.05, 4.69) is 25.9 Å². The van der Waals surface area contributed by atoms with E-state index in [0.29, 0.717) is 38.3 Å². The van der Waals surface area contributed by atoms with Gasteiger partial charge < -0.3 is 14.4 Å². The molecule has 174 valence electrons. The van der Waals surface area contributed by atoms with Crippen molar-refractivity contribution in [3.63, 3.8) is 0 Å². The Balaban J connectivity index is 0.000000275. The van der Waals surface area contributed by atoms with E-state index in [0.717, 1.165) is 21.0 Å². The fourth-order valence-electron chi connectivity index (χ4n) is 3.87. The van der Waals surface area contributed by atoms with Crippen LogP contribution in [0.4, 0.5) is 9.18 Å². The molecule has 0 aliphatic carbocycles. The third kappa shape index (κ3) is 5.25. The number of nitrogens with zero attached hydrogens (tertiary/aromatic N) is 4. The summed E-state index contributed by atoms with van der Waals surface area (Å²) >= 11 is 4.63. The third-order valence-electron chi connectivity index (χ3n) is 5.30. The lowest BCUT2D eigenvalue weighted by molar-refractivity contribution is -0.138. The van der Waals surface area contributed by atoms with Crippen molar-refractivity contribution in [2.45, 2.75) is 19.4 Å². The molecule has 0 N–H and O–H groups in total. The van der Waals surface area contributed by atoms with Crippen molar-refractivity contribution in [3.8, 4) is 0 Å². The number of benzene rings is 1. The number of aliphatic imine (C=N–C) groups is 1. The lowest BCUT2D eigenvalue weighted by Gasteiger charge is -2.27. The summed E-state index contributed by atoms with van der Waals surface area (Å²) in [7, 11) is 0. The number of hydrogen-bond donors (Lipinski definition) is 0. The first-order chi connectivity index (χ1) is 16.0. The van der Waals surface area contributed by atoms with Crippen LogP contribution in [0, 0.1) is 5.82 Å². The zero-order valence-electron chi connectivity index (χ0n) is 17.9. The van der Waals surface area contributed by atoms with E-state index >= 15 is 0 Å². The van der Waals surface area contributed by atoms with Gasteiger partial charge in [-0.3, -0.25) is 9.89 Å². The first kappa shape index (κ1) is 23.4. The molecule has 1 atom stereocenters. The van der Waals surface area contributed by atoms with Crippen LogP contribution < -0.4 is 0 Å². The standard InChI is InChI=1S/C16H18N4O4S.C6H4BrF/c1-2-23-15(21)11-8-18-13(14-17-3-6-25-14)20-9-10(7-12(11)20)19-4-5-24-16(19)22;7-5-2-1-3-6(8)4-5/h3,6,10H,2,4-5,7-9H2,1H3;1-4H. The van der Waals surface area contributed by atoms with Gasteiger partial charge in [-0.25, -0.2) is 19.0 Å². The summed E-state index contributed by atoms with van der Waals surface area (Å²) < 4.78 is 23.2. The van der Waals surface area contributed by atoms with Crippen molar-refractivity contribution in [2.24, 2.45) is 4.99 Å². The van der Waals surface area contributed by atoms with Gasteiger partial charge in [-0.05, 0) is 25.1 Å². The summed E-state index contributed by atoms with van der Waals surface area (Å²) in [5.74, 6) is 0.210. The Labute approximate surface area is 202 Å². The zero-order chi connectivity index (χ0) is 23.4. The number of thiazole rings is 1. The fourth-order valence-corrected chi connectivity index (χ4v) is 4.90. The van der Waals surface area contributed by atoms with Gasteiger partial charge in [-0.2, -0.15) is 0 Å². The molecule has 2 aromatic rings. The number of esters is 1. The van der Waals surface area contributed by atoms with E-state index in [9.17, 15) is 14.0 Å². The molecule has 11 heteroatoms. The van der Waals surface area contributed by atoms with Crippen molar-refractivity contribution < 1.29 is 23.5 Å². The van der Waals surface area contributed by atoms with Gasteiger partial charge in [0.15, 0.2) is 10.8 Å². The summed E-state index contributed by atoms with van der Waals surface area (Å²) in [4.78, 5) is 36.9. The quantitative estimate of drug-likeness (QED) is 0.552. The van der Waals surface area contributed by atoms with Crippen LogP contribution in [0.15, 0.2) is 56.6 Å². The van der Waals surface area contributed by atoms with Gasteiger partial charge in [0.25, 0.3) is 0 Å². The minimum atomic E-state index is -0.339. The molecule has 1 aromatic heterocycles.